The molecule has 1 aliphatic heterocycles. The maximum Gasteiger partial charge on any atom is 0.137 e. The van der Waals surface area contributed by atoms with E-state index in [9.17, 15) is 0 Å². The number of nitrogen functional groups attached to an aromatic ring is 1. The third-order valence-corrected chi connectivity index (χ3v) is 6.14. The van der Waals surface area contributed by atoms with Gasteiger partial charge in [-0.1, -0.05) is 31.5 Å². The average Bonchev–Trinajstić information content (AvgIpc) is 2.73. The fourth-order valence-corrected chi connectivity index (χ4v) is 4.75. The molecule has 0 fully saturated rings. The van der Waals surface area contributed by atoms with Gasteiger partial charge in [0.25, 0.3) is 0 Å². The number of thioether (sulfide) groups is 1. The molecule has 2 aromatic carbocycles. The van der Waals surface area contributed by atoms with Crippen LogP contribution in [0, 0.1) is 0 Å². The smallest absolute Gasteiger partial charge is 0.137 e. The van der Waals surface area contributed by atoms with Crippen LogP contribution in [-0.4, -0.2) is 12.3 Å². The predicted octanol–water partition coefficient (Wildman–Crippen LogP) is 6.60. The fourth-order valence-electron chi connectivity index (χ4n) is 3.59. The highest BCUT2D eigenvalue weighted by molar-refractivity contribution is 7.99. The maximum absolute atomic E-state index is 6.27. The number of unbranched alkanes of at least 4 members (excludes halogenated alkanes) is 1. The first-order chi connectivity index (χ1) is 14.2. The lowest BCUT2D eigenvalue weighted by Crippen LogP contribution is -2.03. The second-order valence-electron chi connectivity index (χ2n) is 7.09. The van der Waals surface area contributed by atoms with Crippen molar-refractivity contribution in [2.24, 2.45) is 4.99 Å². The van der Waals surface area contributed by atoms with Crippen molar-refractivity contribution in [1.82, 2.24) is 0 Å². The van der Waals surface area contributed by atoms with Gasteiger partial charge in [0.05, 0.1) is 5.36 Å². The molecule has 3 nitrogen and oxygen atoms in total. The van der Waals surface area contributed by atoms with E-state index in [0.29, 0.717) is 5.69 Å². The van der Waals surface area contributed by atoms with Crippen molar-refractivity contribution in [3.05, 3.63) is 66.0 Å². The van der Waals surface area contributed by atoms with E-state index in [-0.39, 0.29) is 0 Å². The van der Waals surface area contributed by atoms with Gasteiger partial charge in [-0.05, 0) is 55.0 Å². The molecule has 2 aromatic rings. The van der Waals surface area contributed by atoms with E-state index in [4.69, 9.17) is 10.2 Å². The Kier molecular flexibility index (Phi) is 5.91. The Morgan fingerprint density at radius 3 is 2.66 bits per heavy atom. The van der Waals surface area contributed by atoms with E-state index < -0.39 is 0 Å². The highest BCUT2D eigenvalue weighted by atomic mass is 32.2. The summed E-state index contributed by atoms with van der Waals surface area (Å²) in [5, 5.41) is 2.01. The Hall–Kier alpha value is -2.72. The van der Waals surface area contributed by atoms with Crippen molar-refractivity contribution in [2.45, 2.75) is 31.6 Å². The fraction of sp³-hybridized carbons (Fsp3) is 0.240. The van der Waals surface area contributed by atoms with Crippen LogP contribution in [-0.2, 0) is 0 Å². The zero-order valence-electron chi connectivity index (χ0n) is 16.9. The van der Waals surface area contributed by atoms with E-state index >= 15 is 0 Å². The topological polar surface area (TPSA) is 51.5 Å². The summed E-state index contributed by atoms with van der Waals surface area (Å²) in [5.41, 5.74) is 11.1. The summed E-state index contributed by atoms with van der Waals surface area (Å²) in [6.45, 7) is 5.02. The lowest BCUT2D eigenvalue weighted by molar-refractivity contribution is 0.619. The Morgan fingerprint density at radius 2 is 1.83 bits per heavy atom. The Balaban J connectivity index is 2.01. The summed E-state index contributed by atoms with van der Waals surface area (Å²) in [7, 11) is 0. The standard InChI is InChI=1S/C25H26N2OS/c1-3-5-14-29-24-9-7-6-8-21(24)25-19-12-10-17(26)15-22(19)28-23-16-18(27-4-2)11-13-20(23)25/h6-13,15-16H,3-5,14,26H2,1-2H3. The predicted molar refractivity (Wildman–Crippen MR) is 124 cm³/mol. The summed E-state index contributed by atoms with van der Waals surface area (Å²) < 4.78 is 6.27. The van der Waals surface area contributed by atoms with Crippen molar-refractivity contribution >= 4 is 28.4 Å². The van der Waals surface area contributed by atoms with Gasteiger partial charge in [-0.25, -0.2) is 0 Å². The Morgan fingerprint density at radius 1 is 0.966 bits per heavy atom. The van der Waals surface area contributed by atoms with Gasteiger partial charge in [0.2, 0.25) is 0 Å². The Bertz CT molecular complexity index is 1180. The van der Waals surface area contributed by atoms with Gasteiger partial charge in [0.15, 0.2) is 0 Å². The molecule has 4 heteroatoms. The molecule has 0 bridgehead atoms. The zero-order chi connectivity index (χ0) is 20.2. The van der Waals surface area contributed by atoms with Crippen LogP contribution in [0.2, 0.25) is 0 Å². The van der Waals surface area contributed by atoms with Gasteiger partial charge >= 0.3 is 0 Å². The van der Waals surface area contributed by atoms with Crippen LogP contribution in [0.1, 0.15) is 26.7 Å². The molecular formula is C25H26N2OS. The van der Waals surface area contributed by atoms with Gasteiger partial charge < -0.3 is 10.2 Å². The third kappa shape index (κ3) is 4.03. The van der Waals surface area contributed by atoms with E-state index in [1.807, 2.05) is 36.9 Å². The van der Waals surface area contributed by atoms with Gasteiger partial charge in [0.1, 0.15) is 11.3 Å². The van der Waals surface area contributed by atoms with Crippen LogP contribution < -0.4 is 11.1 Å². The second kappa shape index (κ2) is 8.75. The van der Waals surface area contributed by atoms with Crippen molar-refractivity contribution in [3.8, 4) is 22.5 Å². The molecule has 0 spiro atoms. The molecule has 1 heterocycles. The average molecular weight is 403 g/mol. The summed E-state index contributed by atoms with van der Waals surface area (Å²) in [5.74, 6) is 1.95. The molecule has 148 valence electrons. The lowest BCUT2D eigenvalue weighted by Gasteiger charge is -2.18. The molecule has 2 aliphatic rings. The SMILES string of the molecule is CCCCSc1ccccc1-c1c2ccc(=NCC)cc-2oc2cc(N)ccc12. The van der Waals surface area contributed by atoms with Crippen molar-refractivity contribution in [2.75, 3.05) is 18.0 Å². The molecule has 29 heavy (non-hydrogen) atoms. The molecule has 0 unspecified atom stereocenters. The molecule has 0 amide bonds. The first-order valence-corrected chi connectivity index (χ1v) is 11.2. The number of rotatable bonds is 6. The van der Waals surface area contributed by atoms with Crippen LogP contribution >= 0.6 is 11.8 Å². The Labute approximate surface area is 176 Å². The molecule has 4 rings (SSSR count). The zero-order valence-corrected chi connectivity index (χ0v) is 17.8. The first-order valence-electron chi connectivity index (χ1n) is 10.2. The van der Waals surface area contributed by atoms with Crippen LogP contribution in [0.4, 0.5) is 5.69 Å². The molecule has 0 radical (unpaired) electrons. The summed E-state index contributed by atoms with van der Waals surface area (Å²) in [4.78, 5) is 5.84. The normalized spacial score (nSPS) is 12.1. The van der Waals surface area contributed by atoms with Crippen LogP contribution in [0.15, 0.2) is 75.0 Å². The summed E-state index contributed by atoms with van der Waals surface area (Å²) in [6, 6.07) is 20.8. The van der Waals surface area contributed by atoms with Gasteiger partial charge in [-0.15, -0.1) is 11.8 Å². The monoisotopic (exact) mass is 402 g/mol. The van der Waals surface area contributed by atoms with Crippen molar-refractivity contribution in [1.29, 1.82) is 0 Å². The molecule has 0 aromatic heterocycles. The second-order valence-corrected chi connectivity index (χ2v) is 8.22. The number of anilines is 1. The minimum absolute atomic E-state index is 0.701. The maximum atomic E-state index is 6.27. The van der Waals surface area contributed by atoms with E-state index in [1.54, 1.807) is 0 Å². The highest BCUT2D eigenvalue weighted by Gasteiger charge is 2.19. The quantitative estimate of drug-likeness (QED) is 0.171. The minimum atomic E-state index is 0.701. The molecule has 0 saturated heterocycles. The highest BCUT2D eigenvalue weighted by Crippen LogP contribution is 2.43. The van der Waals surface area contributed by atoms with Gasteiger partial charge in [0, 0.05) is 45.8 Å². The van der Waals surface area contributed by atoms with Crippen molar-refractivity contribution < 1.29 is 4.42 Å². The number of hydrogen-bond donors (Lipinski definition) is 1. The minimum Gasteiger partial charge on any atom is -0.456 e. The number of nitrogens with two attached hydrogens (primary N) is 1. The molecule has 2 N–H and O–H groups in total. The van der Waals surface area contributed by atoms with Crippen molar-refractivity contribution in [3.63, 3.8) is 0 Å². The number of hydrogen-bond acceptors (Lipinski definition) is 4. The van der Waals surface area contributed by atoms with E-state index in [1.165, 1.54) is 28.9 Å². The number of fused-ring (bicyclic) bond motifs is 2. The van der Waals surface area contributed by atoms with E-state index in [0.717, 1.165) is 39.9 Å². The molecule has 0 saturated carbocycles. The molecular weight excluding hydrogens is 376 g/mol. The van der Waals surface area contributed by atoms with Crippen LogP contribution in [0.25, 0.3) is 33.4 Å². The number of benzene rings is 3. The first kappa shape index (κ1) is 19.6. The molecule has 1 aliphatic carbocycles. The summed E-state index contributed by atoms with van der Waals surface area (Å²) in [6.07, 6.45) is 2.41. The summed E-state index contributed by atoms with van der Waals surface area (Å²) >= 11 is 1.92. The molecule has 0 atom stereocenters. The van der Waals surface area contributed by atoms with Crippen LogP contribution in [0.3, 0.4) is 0 Å². The van der Waals surface area contributed by atoms with E-state index in [2.05, 4.69) is 54.4 Å². The number of nitrogens with zero attached hydrogens (tertiary/aromatic N) is 1. The van der Waals surface area contributed by atoms with Gasteiger partial charge in [-0.3, -0.25) is 4.99 Å². The van der Waals surface area contributed by atoms with Gasteiger partial charge in [-0.2, -0.15) is 0 Å². The lowest BCUT2D eigenvalue weighted by atomic mass is 9.93. The third-order valence-electron chi connectivity index (χ3n) is 4.98. The largest absolute Gasteiger partial charge is 0.456 e. The van der Waals surface area contributed by atoms with Crippen LogP contribution in [0.5, 0.6) is 0 Å².